The number of benzene rings is 1. The molecule has 0 bridgehead atoms. The van der Waals surface area contributed by atoms with Gasteiger partial charge in [0.1, 0.15) is 11.4 Å². The molecule has 0 aliphatic heterocycles. The highest BCUT2D eigenvalue weighted by Crippen LogP contribution is 2.52. The summed E-state index contributed by atoms with van der Waals surface area (Å²) < 4.78 is 11.8. The molecule has 1 aromatic carbocycles. The van der Waals surface area contributed by atoms with E-state index in [4.69, 9.17) is 9.47 Å². The van der Waals surface area contributed by atoms with Crippen LogP contribution in [0.4, 0.5) is 0 Å². The molecule has 0 radical (unpaired) electrons. The third-order valence-electron chi connectivity index (χ3n) is 6.75. The van der Waals surface area contributed by atoms with E-state index in [0.717, 1.165) is 30.6 Å². The number of hydrogen-bond acceptors (Lipinski definition) is 3. The van der Waals surface area contributed by atoms with Crippen molar-refractivity contribution < 1.29 is 14.3 Å². The van der Waals surface area contributed by atoms with Gasteiger partial charge >= 0.3 is 0 Å². The number of carbonyl (C=O) groups is 1. The lowest BCUT2D eigenvalue weighted by Gasteiger charge is -2.46. The molecule has 2 aliphatic carbocycles. The van der Waals surface area contributed by atoms with Crippen molar-refractivity contribution >= 4 is 5.78 Å². The van der Waals surface area contributed by atoms with Gasteiger partial charge in [-0.3, -0.25) is 4.79 Å². The van der Waals surface area contributed by atoms with E-state index in [-0.39, 0.29) is 17.1 Å². The van der Waals surface area contributed by atoms with Crippen LogP contribution in [-0.4, -0.2) is 24.1 Å². The summed E-state index contributed by atoms with van der Waals surface area (Å²) in [5, 5.41) is 0. The van der Waals surface area contributed by atoms with E-state index in [0.29, 0.717) is 18.3 Å². The second kappa shape index (κ2) is 8.98. The minimum Gasteiger partial charge on any atom is -0.488 e. The lowest BCUT2D eigenvalue weighted by atomic mass is 9.56. The molecule has 3 heteroatoms. The summed E-state index contributed by atoms with van der Waals surface area (Å²) in [5.74, 6) is 1.82. The number of ether oxygens (including phenoxy) is 2. The van der Waals surface area contributed by atoms with Crippen LogP contribution in [0.3, 0.4) is 0 Å². The van der Waals surface area contributed by atoms with E-state index in [2.05, 4.69) is 13.8 Å². The highest BCUT2D eigenvalue weighted by Gasteiger charge is 2.47. The van der Waals surface area contributed by atoms with Crippen molar-refractivity contribution in [3.8, 4) is 5.75 Å². The highest BCUT2D eigenvalue weighted by atomic mass is 16.5. The molecule has 0 atom stereocenters. The van der Waals surface area contributed by atoms with Crippen LogP contribution < -0.4 is 4.74 Å². The molecule has 0 unspecified atom stereocenters. The summed E-state index contributed by atoms with van der Waals surface area (Å²) in [6.07, 6.45) is 10.7. The van der Waals surface area contributed by atoms with Gasteiger partial charge in [-0.25, -0.2) is 0 Å². The topological polar surface area (TPSA) is 35.5 Å². The van der Waals surface area contributed by atoms with Crippen molar-refractivity contribution in [2.24, 2.45) is 11.3 Å². The van der Waals surface area contributed by atoms with Gasteiger partial charge in [0.25, 0.3) is 0 Å². The molecule has 28 heavy (non-hydrogen) atoms. The van der Waals surface area contributed by atoms with Gasteiger partial charge < -0.3 is 9.47 Å². The molecule has 0 amide bonds. The zero-order valence-electron chi connectivity index (χ0n) is 18.3. The predicted molar refractivity (Wildman–Crippen MR) is 114 cm³/mol. The van der Waals surface area contributed by atoms with E-state index in [1.807, 2.05) is 38.1 Å². The first-order valence-corrected chi connectivity index (χ1v) is 11.3. The van der Waals surface area contributed by atoms with Crippen LogP contribution in [0.15, 0.2) is 24.3 Å². The minimum atomic E-state index is -0.295. The second-order valence-electron chi connectivity index (χ2n) is 9.73. The Balaban J connectivity index is 1.65. The van der Waals surface area contributed by atoms with Gasteiger partial charge in [-0.05, 0) is 83.6 Å². The smallest absolute Gasteiger partial charge is 0.169 e. The fourth-order valence-electron chi connectivity index (χ4n) is 4.84. The molecule has 0 aromatic heterocycles. The number of Topliss-reactive ketones (excluding diaryl/α,β-unsaturated/α-hetero) is 1. The minimum absolute atomic E-state index is 0.0909. The summed E-state index contributed by atoms with van der Waals surface area (Å²) in [6, 6.07) is 7.89. The molecule has 0 spiro atoms. The Labute approximate surface area is 171 Å². The molecule has 156 valence electrons. The Hall–Kier alpha value is -1.35. The molecule has 0 N–H and O–H groups in total. The average Bonchev–Trinajstić information content (AvgIpc) is 2.60. The van der Waals surface area contributed by atoms with Crippen LogP contribution in [-0.2, 0) is 4.74 Å². The summed E-state index contributed by atoms with van der Waals surface area (Å²) in [4.78, 5) is 13.5. The summed E-state index contributed by atoms with van der Waals surface area (Å²) in [5.41, 5.74) is 0.477. The molecule has 2 aliphatic rings. The predicted octanol–water partition coefficient (Wildman–Crippen LogP) is 6.59. The lowest BCUT2D eigenvalue weighted by Crippen LogP contribution is -2.43. The van der Waals surface area contributed by atoms with Crippen molar-refractivity contribution in [2.75, 3.05) is 6.61 Å². The summed E-state index contributed by atoms with van der Waals surface area (Å²) >= 11 is 0. The Morgan fingerprint density at radius 1 is 1.07 bits per heavy atom. The van der Waals surface area contributed by atoms with Gasteiger partial charge in [-0.1, -0.05) is 25.7 Å². The Bertz CT molecular complexity index is 634. The van der Waals surface area contributed by atoms with Crippen molar-refractivity contribution in [3.63, 3.8) is 0 Å². The van der Waals surface area contributed by atoms with Crippen molar-refractivity contribution in [2.45, 2.75) is 97.2 Å². The van der Waals surface area contributed by atoms with Gasteiger partial charge in [0.2, 0.25) is 0 Å². The Kier molecular flexibility index (Phi) is 6.85. The van der Waals surface area contributed by atoms with Gasteiger partial charge in [0.05, 0.1) is 12.7 Å². The summed E-state index contributed by atoms with van der Waals surface area (Å²) in [7, 11) is 0. The molecular weight excluding hydrogens is 348 g/mol. The fraction of sp³-hybridized carbons (Fsp3) is 0.720. The van der Waals surface area contributed by atoms with Crippen LogP contribution in [0.2, 0.25) is 0 Å². The second-order valence-corrected chi connectivity index (χ2v) is 9.73. The van der Waals surface area contributed by atoms with Crippen LogP contribution >= 0.6 is 0 Å². The Morgan fingerprint density at radius 2 is 1.71 bits per heavy atom. The molecule has 1 aromatic rings. The maximum Gasteiger partial charge on any atom is 0.169 e. The zero-order valence-corrected chi connectivity index (χ0v) is 18.3. The zero-order chi connectivity index (χ0) is 20.2. The normalized spacial score (nSPS) is 20.0. The van der Waals surface area contributed by atoms with E-state index in [1.54, 1.807) is 0 Å². The van der Waals surface area contributed by atoms with Gasteiger partial charge in [-0.15, -0.1) is 0 Å². The maximum absolute atomic E-state index is 13.5. The highest BCUT2D eigenvalue weighted by molar-refractivity contribution is 6.01. The first-order chi connectivity index (χ1) is 13.3. The summed E-state index contributed by atoms with van der Waals surface area (Å²) in [6.45, 7) is 8.95. The molecule has 2 saturated carbocycles. The molecule has 0 heterocycles. The monoisotopic (exact) mass is 386 g/mol. The first-order valence-electron chi connectivity index (χ1n) is 11.3. The quantitative estimate of drug-likeness (QED) is 0.449. The molecule has 2 fully saturated rings. The van der Waals surface area contributed by atoms with Crippen LogP contribution in [0.25, 0.3) is 0 Å². The number of carbonyl (C=O) groups excluding carboxylic acids is 1. The average molecular weight is 387 g/mol. The third-order valence-corrected chi connectivity index (χ3v) is 6.75. The van der Waals surface area contributed by atoms with Gasteiger partial charge in [0.15, 0.2) is 5.78 Å². The van der Waals surface area contributed by atoms with E-state index in [9.17, 15) is 4.79 Å². The van der Waals surface area contributed by atoms with E-state index < -0.39 is 0 Å². The van der Waals surface area contributed by atoms with E-state index >= 15 is 0 Å². The maximum atomic E-state index is 13.5. The van der Waals surface area contributed by atoms with Gasteiger partial charge in [-0.2, -0.15) is 0 Å². The molecule has 0 saturated heterocycles. The van der Waals surface area contributed by atoms with Gasteiger partial charge in [0, 0.05) is 17.4 Å². The third kappa shape index (κ3) is 4.97. The molecule has 3 rings (SSSR count). The van der Waals surface area contributed by atoms with Crippen LogP contribution in [0.5, 0.6) is 5.75 Å². The number of hydrogen-bond donors (Lipinski definition) is 0. The van der Waals surface area contributed by atoms with Crippen LogP contribution in [0.1, 0.15) is 95.8 Å². The van der Waals surface area contributed by atoms with Crippen molar-refractivity contribution in [1.82, 2.24) is 0 Å². The van der Waals surface area contributed by atoms with Crippen molar-refractivity contribution in [3.05, 3.63) is 29.8 Å². The number of rotatable bonds is 9. The Morgan fingerprint density at radius 3 is 2.25 bits per heavy atom. The first kappa shape index (κ1) is 21.4. The van der Waals surface area contributed by atoms with E-state index in [1.165, 1.54) is 38.5 Å². The SMILES string of the molecule is CC(C)OCCC(C)(C)Oc1ccc(C(=O)C2(C3CCC3)CCCCC2)cc1. The largest absolute Gasteiger partial charge is 0.488 e. The lowest BCUT2D eigenvalue weighted by molar-refractivity contribution is 0.0231. The number of ketones is 1. The molecular formula is C25H38O3. The standard InChI is InChI=1S/C25H38O3/c1-19(2)27-18-17-24(3,4)28-22-13-11-20(12-14-22)23(26)25(21-9-8-10-21)15-6-5-7-16-25/h11-14,19,21H,5-10,15-18H2,1-4H3. The fourth-order valence-corrected chi connectivity index (χ4v) is 4.84. The van der Waals surface area contributed by atoms with Crippen LogP contribution in [0, 0.1) is 11.3 Å². The van der Waals surface area contributed by atoms with Crippen molar-refractivity contribution in [1.29, 1.82) is 0 Å². The molecule has 3 nitrogen and oxygen atoms in total.